The lowest BCUT2D eigenvalue weighted by molar-refractivity contribution is -0.123. The van der Waals surface area contributed by atoms with Crippen molar-refractivity contribution in [2.24, 2.45) is 11.7 Å². The second-order valence-corrected chi connectivity index (χ2v) is 13.5. The summed E-state index contributed by atoms with van der Waals surface area (Å²) in [6, 6.07) is 13.0. The Bertz CT molecular complexity index is 1880. The Morgan fingerprint density at radius 1 is 1.13 bits per heavy atom. The number of hydrogen-bond donors (Lipinski definition) is 3. The smallest absolute Gasteiger partial charge is 0.251 e. The van der Waals surface area contributed by atoms with Crippen LogP contribution in [0.3, 0.4) is 0 Å². The van der Waals surface area contributed by atoms with Gasteiger partial charge >= 0.3 is 0 Å². The molecular weight excluding hydrogens is 589 g/mol. The first-order chi connectivity index (χ1) is 22.1. The van der Waals surface area contributed by atoms with Crippen molar-refractivity contribution in [3.63, 3.8) is 0 Å². The Labute approximate surface area is 265 Å². The van der Waals surface area contributed by atoms with Gasteiger partial charge in [-0.15, -0.1) is 0 Å². The molecule has 1 unspecified atom stereocenters. The maximum absolute atomic E-state index is 13.9. The number of amides is 2. The average Bonchev–Trinajstić information content (AvgIpc) is 3.95. The molecule has 2 atom stereocenters. The Morgan fingerprint density at radius 2 is 1.89 bits per heavy atom. The van der Waals surface area contributed by atoms with Gasteiger partial charge in [-0.2, -0.15) is 5.10 Å². The lowest BCUT2D eigenvalue weighted by atomic mass is 9.70. The van der Waals surface area contributed by atoms with Crippen LogP contribution in [-0.4, -0.2) is 50.8 Å². The van der Waals surface area contributed by atoms with E-state index in [1.165, 1.54) is 12.1 Å². The predicted octanol–water partition coefficient (Wildman–Crippen LogP) is 4.51. The minimum atomic E-state index is -1.56. The number of hydrogen-bond acceptors (Lipinski definition) is 7. The second kappa shape index (κ2) is 10.5. The number of ether oxygens (including phenoxy) is 2. The molecule has 4 aromatic rings. The van der Waals surface area contributed by atoms with Crippen LogP contribution < -0.4 is 20.5 Å². The summed E-state index contributed by atoms with van der Waals surface area (Å²) in [5.41, 5.74) is 7.07. The molecule has 4 aliphatic rings. The first kappa shape index (κ1) is 28.9. The van der Waals surface area contributed by atoms with Gasteiger partial charge in [-0.3, -0.25) is 9.59 Å². The zero-order chi connectivity index (χ0) is 31.8. The van der Waals surface area contributed by atoms with Gasteiger partial charge in [0.15, 0.2) is 0 Å². The number of aliphatic hydroxyl groups is 1. The number of primary amides is 1. The maximum Gasteiger partial charge on any atom is 0.251 e. The normalized spacial score (nSPS) is 22.1. The summed E-state index contributed by atoms with van der Waals surface area (Å²) in [4.78, 5) is 31.3. The molecule has 2 amide bonds. The monoisotopic (exact) mass is 625 g/mol. The van der Waals surface area contributed by atoms with Crippen molar-refractivity contribution in [1.82, 2.24) is 19.9 Å². The van der Waals surface area contributed by atoms with Crippen LogP contribution in [0.25, 0.3) is 16.8 Å². The fraction of sp³-hybridized carbons (Fsp3) is 0.429. The van der Waals surface area contributed by atoms with Crippen molar-refractivity contribution >= 4 is 17.3 Å². The Kier molecular flexibility index (Phi) is 6.61. The van der Waals surface area contributed by atoms with Crippen LogP contribution in [0, 0.1) is 11.7 Å². The zero-order valence-corrected chi connectivity index (χ0v) is 25.6. The van der Waals surface area contributed by atoms with Crippen LogP contribution in [-0.2, 0) is 15.8 Å². The largest absolute Gasteiger partial charge is 0.489 e. The molecule has 4 heterocycles. The molecule has 1 aromatic carbocycles. The van der Waals surface area contributed by atoms with Crippen LogP contribution in [0.5, 0.6) is 11.6 Å². The SMILES string of the molecule is C[C@]1(C(N)=O)COc2c1cc(C(O)(CNC(=O)c1cc(OC3CC3)n3nc(C4CC4)cc3c1)C1CCC1)nc2-c1ccc(F)cc1. The summed E-state index contributed by atoms with van der Waals surface area (Å²) in [5, 5.41) is 20.2. The number of aromatic nitrogens is 3. The van der Waals surface area contributed by atoms with Crippen LogP contribution in [0.4, 0.5) is 4.39 Å². The van der Waals surface area contributed by atoms with Crippen molar-refractivity contribution < 1.29 is 28.6 Å². The van der Waals surface area contributed by atoms with Crippen LogP contribution in [0.15, 0.2) is 48.5 Å². The van der Waals surface area contributed by atoms with Crippen LogP contribution >= 0.6 is 0 Å². The van der Waals surface area contributed by atoms with E-state index in [1.807, 2.05) is 6.07 Å². The van der Waals surface area contributed by atoms with E-state index in [2.05, 4.69) is 5.32 Å². The number of nitrogens with one attached hydrogen (secondary N) is 1. The van der Waals surface area contributed by atoms with E-state index in [4.69, 9.17) is 25.3 Å². The highest BCUT2D eigenvalue weighted by Crippen LogP contribution is 2.48. The molecule has 3 aromatic heterocycles. The number of carbonyl (C=O) groups is 2. The first-order valence-corrected chi connectivity index (χ1v) is 16.1. The second-order valence-electron chi connectivity index (χ2n) is 13.5. The third kappa shape index (κ3) is 4.88. The van der Waals surface area contributed by atoms with Gasteiger partial charge in [0, 0.05) is 28.7 Å². The summed E-state index contributed by atoms with van der Waals surface area (Å²) in [5.74, 6) is -0.172. The van der Waals surface area contributed by atoms with Gasteiger partial charge in [0.1, 0.15) is 41.0 Å². The molecule has 46 heavy (non-hydrogen) atoms. The number of benzene rings is 1. The van der Waals surface area contributed by atoms with Crippen molar-refractivity contribution in [3.8, 4) is 22.9 Å². The van der Waals surface area contributed by atoms with Gasteiger partial charge in [0.05, 0.1) is 23.4 Å². The van der Waals surface area contributed by atoms with Crippen molar-refractivity contribution in [1.29, 1.82) is 0 Å². The number of pyridine rings is 2. The maximum atomic E-state index is 13.9. The van der Waals surface area contributed by atoms with Gasteiger partial charge in [0.25, 0.3) is 5.91 Å². The molecule has 0 radical (unpaired) electrons. The topological polar surface area (TPSA) is 141 Å². The van der Waals surface area contributed by atoms with Crippen LogP contribution in [0.1, 0.15) is 85.1 Å². The standard InChI is InChI=1S/C35H36FN5O5/c1-34(33(37)43)18-45-31-26(34)16-28(39-30(31)20-7-9-23(36)10-8-20)35(44,22-3-2-4-22)17-38-32(42)21-13-24-15-27(19-5-6-19)40-41(24)29(14-21)46-25-11-12-25/h7-10,13-16,19,22,25,44H,2-6,11-12,17-18H2,1H3,(H2,37,43)(H,38,42)/t34-,35?/m0/s1. The zero-order valence-electron chi connectivity index (χ0n) is 25.6. The fourth-order valence-corrected chi connectivity index (χ4v) is 6.50. The molecule has 8 rings (SSSR count). The molecule has 11 heteroatoms. The quantitative estimate of drug-likeness (QED) is 0.236. The number of rotatable bonds is 10. The summed E-state index contributed by atoms with van der Waals surface area (Å²) >= 11 is 0. The Balaban J connectivity index is 1.16. The molecule has 3 aliphatic carbocycles. The molecule has 10 nitrogen and oxygen atoms in total. The third-order valence-electron chi connectivity index (χ3n) is 10.1. The van der Waals surface area contributed by atoms with Gasteiger partial charge in [-0.1, -0.05) is 6.42 Å². The molecule has 0 spiro atoms. The highest BCUT2D eigenvalue weighted by molar-refractivity contribution is 5.96. The summed E-state index contributed by atoms with van der Waals surface area (Å²) < 4.78 is 27.8. The van der Waals surface area contributed by atoms with E-state index < -0.39 is 22.7 Å². The highest BCUT2D eigenvalue weighted by Gasteiger charge is 2.48. The molecule has 238 valence electrons. The molecule has 3 saturated carbocycles. The molecule has 1 aliphatic heterocycles. The molecule has 3 fully saturated rings. The number of nitrogens with two attached hydrogens (primary N) is 1. The van der Waals surface area contributed by atoms with Gasteiger partial charge in [-0.25, -0.2) is 13.9 Å². The lowest BCUT2D eigenvalue weighted by Crippen LogP contribution is -2.49. The minimum absolute atomic E-state index is 0.0143. The first-order valence-electron chi connectivity index (χ1n) is 16.1. The lowest BCUT2D eigenvalue weighted by Gasteiger charge is -2.41. The number of nitrogens with zero attached hydrogens (tertiary/aromatic N) is 3. The fourth-order valence-electron chi connectivity index (χ4n) is 6.50. The van der Waals surface area contributed by atoms with Gasteiger partial charge in [-0.05, 0) is 93.8 Å². The van der Waals surface area contributed by atoms with E-state index in [1.54, 1.807) is 41.8 Å². The summed E-state index contributed by atoms with van der Waals surface area (Å²) in [6.07, 6.45) is 6.70. The molecule has 0 bridgehead atoms. The number of carbonyl (C=O) groups excluding carboxylic acids is 2. The number of halogens is 1. The number of fused-ring (bicyclic) bond motifs is 2. The van der Waals surface area contributed by atoms with Gasteiger partial charge in [0.2, 0.25) is 11.8 Å². The Hall–Kier alpha value is -4.51. The van der Waals surface area contributed by atoms with Crippen molar-refractivity contribution in [2.45, 2.75) is 74.9 Å². The molecule has 4 N–H and O–H groups in total. The van der Waals surface area contributed by atoms with E-state index >= 15 is 0 Å². The Morgan fingerprint density at radius 3 is 2.54 bits per heavy atom. The van der Waals surface area contributed by atoms with E-state index in [0.717, 1.165) is 56.2 Å². The van der Waals surface area contributed by atoms with Crippen molar-refractivity contribution in [3.05, 3.63) is 76.9 Å². The van der Waals surface area contributed by atoms with E-state index in [9.17, 15) is 19.1 Å². The average molecular weight is 626 g/mol. The third-order valence-corrected chi connectivity index (χ3v) is 10.1. The van der Waals surface area contributed by atoms with Gasteiger partial charge < -0.3 is 25.6 Å². The van der Waals surface area contributed by atoms with Crippen molar-refractivity contribution in [2.75, 3.05) is 13.2 Å². The van der Waals surface area contributed by atoms with E-state index in [-0.39, 0.29) is 31.1 Å². The van der Waals surface area contributed by atoms with E-state index in [0.29, 0.717) is 45.6 Å². The molecule has 0 saturated heterocycles. The molecular formula is C35H36FN5O5. The predicted molar refractivity (Wildman–Crippen MR) is 166 cm³/mol. The highest BCUT2D eigenvalue weighted by atomic mass is 19.1. The summed E-state index contributed by atoms with van der Waals surface area (Å²) in [6.45, 7) is 1.60. The summed E-state index contributed by atoms with van der Waals surface area (Å²) in [7, 11) is 0. The van der Waals surface area contributed by atoms with Crippen LogP contribution in [0.2, 0.25) is 0 Å². The minimum Gasteiger partial charge on any atom is -0.489 e.